The Kier molecular flexibility index (Phi) is 5.53. The second-order valence-electron chi connectivity index (χ2n) is 8.43. The molecule has 5 nitrogen and oxygen atoms in total. The molecule has 0 bridgehead atoms. The van der Waals surface area contributed by atoms with E-state index in [0.29, 0.717) is 6.04 Å². The third-order valence-electron chi connectivity index (χ3n) is 5.51. The van der Waals surface area contributed by atoms with Crippen LogP contribution in [-0.2, 0) is 6.42 Å². The Morgan fingerprint density at radius 1 is 0.900 bits per heavy atom. The van der Waals surface area contributed by atoms with E-state index >= 15 is 0 Å². The molecule has 0 aliphatic heterocycles. The van der Waals surface area contributed by atoms with Crippen molar-refractivity contribution in [3.05, 3.63) is 77.6 Å². The van der Waals surface area contributed by atoms with Crippen molar-refractivity contribution in [1.82, 2.24) is 24.8 Å². The van der Waals surface area contributed by atoms with Crippen LogP contribution in [0, 0.1) is 13.8 Å². The summed E-state index contributed by atoms with van der Waals surface area (Å²) in [7, 11) is 0. The van der Waals surface area contributed by atoms with Crippen LogP contribution in [0.4, 0.5) is 0 Å². The fraction of sp³-hybridized carbons (Fsp3) is 0.320. The summed E-state index contributed by atoms with van der Waals surface area (Å²) in [6, 6.07) is 17.7. The molecule has 1 unspecified atom stereocenters. The van der Waals surface area contributed by atoms with Gasteiger partial charge in [-0.25, -0.2) is 4.68 Å². The molecule has 0 aliphatic rings. The fourth-order valence-electron chi connectivity index (χ4n) is 3.77. The van der Waals surface area contributed by atoms with Crippen molar-refractivity contribution in [2.75, 3.05) is 0 Å². The van der Waals surface area contributed by atoms with E-state index in [1.54, 1.807) is 0 Å². The molecule has 4 aromatic rings. The standard InChI is InChI=1S/C25H29N5/c1-17(2)29-12-11-24(27-29)23-10-9-21(14-19(23)4)15-20(5)30-16-25(26-28-30)22-8-6-7-18(3)13-22/h6-14,16-17,20H,15H2,1-5H3. The summed E-state index contributed by atoms with van der Waals surface area (Å²) in [6.07, 6.45) is 4.99. The molecule has 2 aromatic heterocycles. The molecule has 0 spiro atoms. The van der Waals surface area contributed by atoms with Gasteiger partial charge in [0.05, 0.1) is 17.9 Å². The van der Waals surface area contributed by atoms with Crippen LogP contribution >= 0.6 is 0 Å². The van der Waals surface area contributed by atoms with Crippen LogP contribution in [0.1, 0.15) is 49.5 Å². The van der Waals surface area contributed by atoms with Crippen molar-refractivity contribution in [2.45, 2.75) is 53.1 Å². The first kappa shape index (κ1) is 20.1. The van der Waals surface area contributed by atoms with Crippen LogP contribution in [0.25, 0.3) is 22.5 Å². The summed E-state index contributed by atoms with van der Waals surface area (Å²) in [6.45, 7) is 10.7. The van der Waals surface area contributed by atoms with Gasteiger partial charge in [0.2, 0.25) is 0 Å². The van der Waals surface area contributed by atoms with Gasteiger partial charge in [0.1, 0.15) is 5.69 Å². The Labute approximate surface area is 178 Å². The third-order valence-corrected chi connectivity index (χ3v) is 5.51. The maximum Gasteiger partial charge on any atom is 0.113 e. The zero-order valence-corrected chi connectivity index (χ0v) is 18.4. The minimum Gasteiger partial charge on any atom is -0.270 e. The molecule has 0 aliphatic carbocycles. The summed E-state index contributed by atoms with van der Waals surface area (Å²) in [5.74, 6) is 0. The molecule has 0 amide bonds. The highest BCUT2D eigenvalue weighted by Gasteiger charge is 2.13. The largest absolute Gasteiger partial charge is 0.270 e. The molecule has 30 heavy (non-hydrogen) atoms. The van der Waals surface area contributed by atoms with Gasteiger partial charge in [-0.15, -0.1) is 5.10 Å². The van der Waals surface area contributed by atoms with Crippen molar-refractivity contribution in [1.29, 1.82) is 0 Å². The van der Waals surface area contributed by atoms with Crippen molar-refractivity contribution >= 4 is 0 Å². The normalized spacial score (nSPS) is 12.5. The Balaban J connectivity index is 1.49. The first-order valence-electron chi connectivity index (χ1n) is 10.5. The highest BCUT2D eigenvalue weighted by molar-refractivity contribution is 5.63. The lowest BCUT2D eigenvalue weighted by molar-refractivity contribution is 0.474. The number of nitrogens with zero attached hydrogens (tertiary/aromatic N) is 5. The van der Waals surface area contributed by atoms with E-state index in [9.17, 15) is 0 Å². The van der Waals surface area contributed by atoms with Crippen LogP contribution in [0.5, 0.6) is 0 Å². The van der Waals surface area contributed by atoms with Crippen molar-refractivity contribution in [2.24, 2.45) is 0 Å². The van der Waals surface area contributed by atoms with Gasteiger partial charge in [0.25, 0.3) is 0 Å². The van der Waals surface area contributed by atoms with E-state index < -0.39 is 0 Å². The second kappa shape index (κ2) is 8.27. The van der Waals surface area contributed by atoms with Gasteiger partial charge < -0.3 is 0 Å². The van der Waals surface area contributed by atoms with E-state index in [1.807, 2.05) is 21.8 Å². The smallest absolute Gasteiger partial charge is 0.113 e. The van der Waals surface area contributed by atoms with Crippen LogP contribution in [0.3, 0.4) is 0 Å². The Morgan fingerprint density at radius 2 is 1.73 bits per heavy atom. The summed E-state index contributed by atoms with van der Waals surface area (Å²) < 4.78 is 3.96. The summed E-state index contributed by atoms with van der Waals surface area (Å²) in [5, 5.41) is 13.5. The Hall–Kier alpha value is -3.21. The first-order valence-corrected chi connectivity index (χ1v) is 10.5. The summed E-state index contributed by atoms with van der Waals surface area (Å²) in [4.78, 5) is 0. The van der Waals surface area contributed by atoms with Gasteiger partial charge in [-0.1, -0.05) is 47.2 Å². The topological polar surface area (TPSA) is 48.5 Å². The predicted molar refractivity (Wildman–Crippen MR) is 121 cm³/mol. The summed E-state index contributed by atoms with van der Waals surface area (Å²) >= 11 is 0. The summed E-state index contributed by atoms with van der Waals surface area (Å²) in [5.41, 5.74) is 8.00. The van der Waals surface area contributed by atoms with Crippen molar-refractivity contribution in [3.63, 3.8) is 0 Å². The molecule has 1 atom stereocenters. The molecule has 5 heteroatoms. The van der Waals surface area contributed by atoms with Gasteiger partial charge in [-0.05, 0) is 64.3 Å². The van der Waals surface area contributed by atoms with Crippen molar-refractivity contribution < 1.29 is 0 Å². The quantitative estimate of drug-likeness (QED) is 0.411. The molecule has 0 saturated carbocycles. The molecule has 0 radical (unpaired) electrons. The number of rotatable bonds is 6. The molecule has 2 aromatic carbocycles. The minimum atomic E-state index is 0.224. The van der Waals surface area contributed by atoms with Gasteiger partial charge in [0.15, 0.2) is 0 Å². The average Bonchev–Trinajstić information content (AvgIpc) is 3.38. The van der Waals surface area contributed by atoms with E-state index in [1.165, 1.54) is 22.3 Å². The number of hydrogen-bond donors (Lipinski definition) is 0. The number of hydrogen-bond acceptors (Lipinski definition) is 3. The highest BCUT2D eigenvalue weighted by Crippen LogP contribution is 2.26. The van der Waals surface area contributed by atoms with Crippen LogP contribution in [0.2, 0.25) is 0 Å². The van der Waals surface area contributed by atoms with E-state index in [0.717, 1.165) is 23.4 Å². The second-order valence-corrected chi connectivity index (χ2v) is 8.43. The van der Waals surface area contributed by atoms with Crippen molar-refractivity contribution in [3.8, 4) is 22.5 Å². The van der Waals surface area contributed by atoms with Crippen LogP contribution in [0.15, 0.2) is 60.9 Å². The SMILES string of the molecule is Cc1cccc(-c2cn(C(C)Cc3ccc(-c4ccn(C(C)C)n4)c(C)c3)nn2)c1. The van der Waals surface area contributed by atoms with Gasteiger partial charge in [0, 0.05) is 23.4 Å². The molecular weight excluding hydrogens is 370 g/mol. The zero-order chi connectivity index (χ0) is 21.3. The Morgan fingerprint density at radius 3 is 2.43 bits per heavy atom. The van der Waals surface area contributed by atoms with E-state index in [-0.39, 0.29) is 6.04 Å². The van der Waals surface area contributed by atoms with E-state index in [2.05, 4.69) is 93.5 Å². The average molecular weight is 400 g/mol. The maximum atomic E-state index is 4.71. The lowest BCUT2D eigenvalue weighted by Gasteiger charge is -2.13. The third kappa shape index (κ3) is 4.20. The Bertz CT molecular complexity index is 1150. The number of aryl methyl sites for hydroxylation is 2. The fourth-order valence-corrected chi connectivity index (χ4v) is 3.77. The lowest BCUT2D eigenvalue weighted by Crippen LogP contribution is -2.09. The molecule has 154 valence electrons. The van der Waals surface area contributed by atoms with Gasteiger partial charge >= 0.3 is 0 Å². The molecule has 2 heterocycles. The molecule has 4 rings (SSSR count). The molecule has 0 N–H and O–H groups in total. The molecular formula is C25H29N5. The van der Waals surface area contributed by atoms with Crippen LogP contribution in [-0.4, -0.2) is 24.8 Å². The first-order chi connectivity index (χ1) is 14.4. The number of aromatic nitrogens is 5. The molecule has 0 fully saturated rings. The highest BCUT2D eigenvalue weighted by atomic mass is 15.4. The number of benzene rings is 2. The monoisotopic (exact) mass is 399 g/mol. The molecule has 0 saturated heterocycles. The predicted octanol–water partition coefficient (Wildman–Crippen LogP) is 5.81. The zero-order valence-electron chi connectivity index (χ0n) is 18.4. The minimum absolute atomic E-state index is 0.224. The van der Waals surface area contributed by atoms with Gasteiger partial charge in [-0.2, -0.15) is 5.10 Å². The van der Waals surface area contributed by atoms with Crippen LogP contribution < -0.4 is 0 Å². The maximum absolute atomic E-state index is 4.71. The van der Waals surface area contributed by atoms with Gasteiger partial charge in [-0.3, -0.25) is 4.68 Å². The lowest BCUT2D eigenvalue weighted by atomic mass is 9.99. The van der Waals surface area contributed by atoms with E-state index in [4.69, 9.17) is 5.10 Å².